The van der Waals surface area contributed by atoms with E-state index in [-0.39, 0.29) is 90.1 Å². The quantitative estimate of drug-likeness (QED) is 0.288. The van der Waals surface area contributed by atoms with Crippen LogP contribution in [-0.4, -0.2) is 131 Å². The van der Waals surface area contributed by atoms with E-state index in [4.69, 9.17) is 20.4 Å². The summed E-state index contributed by atoms with van der Waals surface area (Å²) in [6.07, 6.45) is -2.29. The summed E-state index contributed by atoms with van der Waals surface area (Å²) in [6.45, 7) is 0. The molecule has 0 unspecified atom stereocenters. The van der Waals surface area contributed by atoms with Gasteiger partial charge in [-0.05, 0) is 0 Å². The molecule has 18 N–H and O–H groups in total. The molecular weight excluding hydrogens is 433 g/mol. The smallest absolute Gasteiger partial charge is 1.00 e. The fourth-order valence-corrected chi connectivity index (χ4v) is 0.714. The van der Waals surface area contributed by atoms with E-state index in [9.17, 15) is 14.4 Å². The molecule has 0 aliphatic heterocycles. The Balaban J connectivity index is -0.0000000160. The number of aliphatic hydroxyl groups is 1. The van der Waals surface area contributed by atoms with Gasteiger partial charge in [-0.3, -0.25) is 9.59 Å². The zero-order valence-corrected chi connectivity index (χ0v) is 15.1. The average molecular weight is 458 g/mol. The zero-order chi connectivity index (χ0) is 10.6. The second-order valence-corrected chi connectivity index (χ2v) is 2.48. The van der Waals surface area contributed by atoms with E-state index in [1.807, 2.05) is 0 Å². The van der Waals surface area contributed by atoms with Gasteiger partial charge < -0.3 is 61.6 Å². The third-order valence-electron chi connectivity index (χ3n) is 1.29. The third-order valence-corrected chi connectivity index (χ3v) is 1.29. The SMILES string of the molecule is O.O.O.O.O.O.O.O=C(O)CC(O)(CC(=O)O)C(=O)O.[Ba+2].[H-].[H-]. The van der Waals surface area contributed by atoms with Crippen molar-refractivity contribution in [3.05, 3.63) is 0 Å². The van der Waals surface area contributed by atoms with Crippen molar-refractivity contribution in [1.29, 1.82) is 0 Å². The van der Waals surface area contributed by atoms with E-state index in [0.717, 1.165) is 0 Å². The molecule has 0 bridgehead atoms. The molecule has 21 heavy (non-hydrogen) atoms. The first-order chi connectivity index (χ1) is 5.78. The van der Waals surface area contributed by atoms with Gasteiger partial charge in [0.1, 0.15) is 0 Å². The molecule has 14 nitrogen and oxygen atoms in total. The zero-order valence-electron chi connectivity index (χ0n) is 12.6. The van der Waals surface area contributed by atoms with Crippen molar-refractivity contribution in [2.75, 3.05) is 0 Å². The van der Waals surface area contributed by atoms with Gasteiger partial charge in [0.15, 0.2) is 5.60 Å². The second-order valence-electron chi connectivity index (χ2n) is 2.48. The predicted molar refractivity (Wildman–Crippen MR) is 70.4 cm³/mol. The normalized spacial score (nSPS) is 6.71. The Morgan fingerprint density at radius 2 is 0.905 bits per heavy atom. The van der Waals surface area contributed by atoms with Crippen molar-refractivity contribution in [1.82, 2.24) is 0 Å². The molecule has 134 valence electrons. The molecule has 0 radical (unpaired) electrons. The minimum absolute atomic E-state index is 0. The topological polar surface area (TPSA) is 353 Å². The Labute approximate surface area is 160 Å². The molecule has 0 aromatic rings. The first-order valence-corrected chi connectivity index (χ1v) is 3.17. The van der Waals surface area contributed by atoms with E-state index < -0.39 is 36.4 Å². The number of rotatable bonds is 5. The maximum atomic E-state index is 10.3. The standard InChI is InChI=1S/C6H8O7.Ba.7H2O.2H/c7-3(8)1-6(13,5(11)12)2-4(9)10;;;;;;;;;;/h13H,1-2H2,(H,7,8)(H,9,10)(H,11,12);;7*1H2;;/q;+2;;;;;;;;2*-1. The first-order valence-electron chi connectivity index (χ1n) is 3.17. The summed E-state index contributed by atoms with van der Waals surface area (Å²) in [6, 6.07) is 0. The van der Waals surface area contributed by atoms with Crippen LogP contribution in [0.1, 0.15) is 15.7 Å². The van der Waals surface area contributed by atoms with E-state index in [0.29, 0.717) is 0 Å². The van der Waals surface area contributed by atoms with Crippen LogP contribution in [0.3, 0.4) is 0 Å². The molecule has 0 saturated carbocycles. The minimum Gasteiger partial charge on any atom is -1.00 e. The monoisotopic (exact) mass is 458 g/mol. The summed E-state index contributed by atoms with van der Waals surface area (Å²) in [5.74, 6) is -5.02. The summed E-state index contributed by atoms with van der Waals surface area (Å²) in [7, 11) is 0. The van der Waals surface area contributed by atoms with Crippen molar-refractivity contribution >= 4 is 66.8 Å². The van der Waals surface area contributed by atoms with Gasteiger partial charge in [0.2, 0.25) is 0 Å². The summed E-state index contributed by atoms with van der Waals surface area (Å²) in [5, 5.41) is 33.8. The Kier molecular flexibility index (Phi) is 69.0. The van der Waals surface area contributed by atoms with E-state index in [2.05, 4.69) is 0 Å². The molecule has 0 fully saturated rings. The Morgan fingerprint density at radius 3 is 1.00 bits per heavy atom. The fourth-order valence-electron chi connectivity index (χ4n) is 0.714. The van der Waals surface area contributed by atoms with Crippen LogP contribution < -0.4 is 0 Å². The molecule has 0 amide bonds. The summed E-state index contributed by atoms with van der Waals surface area (Å²) >= 11 is 0. The predicted octanol–water partition coefficient (Wildman–Crippen LogP) is -7.18. The molecular formula is C6H24BaO14. The molecule has 0 aromatic heterocycles. The Hall–Kier alpha value is -0.339. The molecule has 0 aliphatic carbocycles. The van der Waals surface area contributed by atoms with Crippen LogP contribution in [0.2, 0.25) is 0 Å². The molecule has 0 spiro atoms. The molecule has 15 heteroatoms. The van der Waals surface area contributed by atoms with Crippen LogP contribution in [0.5, 0.6) is 0 Å². The third kappa shape index (κ3) is 25.0. The number of hydrogen-bond acceptors (Lipinski definition) is 4. The fraction of sp³-hybridized carbons (Fsp3) is 0.500. The number of hydrogen-bond donors (Lipinski definition) is 4. The van der Waals surface area contributed by atoms with Crippen LogP contribution in [0.25, 0.3) is 0 Å². The maximum absolute atomic E-state index is 10.3. The van der Waals surface area contributed by atoms with Crippen molar-refractivity contribution in [2.24, 2.45) is 0 Å². The van der Waals surface area contributed by atoms with E-state index in [1.54, 1.807) is 0 Å². The minimum atomic E-state index is -2.74. The van der Waals surface area contributed by atoms with E-state index in [1.165, 1.54) is 0 Å². The molecule has 0 rings (SSSR count). The molecule has 0 aliphatic rings. The van der Waals surface area contributed by atoms with Crippen molar-refractivity contribution in [2.45, 2.75) is 18.4 Å². The molecule has 0 saturated heterocycles. The second kappa shape index (κ2) is 24.7. The molecule has 0 atom stereocenters. The van der Waals surface area contributed by atoms with Gasteiger partial charge >= 0.3 is 66.8 Å². The van der Waals surface area contributed by atoms with Gasteiger partial charge in [0.05, 0.1) is 12.8 Å². The summed E-state index contributed by atoms with van der Waals surface area (Å²) in [4.78, 5) is 30.5. The van der Waals surface area contributed by atoms with Crippen molar-refractivity contribution < 1.29 is 76.0 Å². The van der Waals surface area contributed by atoms with Crippen LogP contribution in [0.4, 0.5) is 0 Å². The van der Waals surface area contributed by atoms with Gasteiger partial charge in [-0.1, -0.05) is 0 Å². The van der Waals surface area contributed by atoms with Crippen LogP contribution in [0, 0.1) is 0 Å². The summed E-state index contributed by atoms with van der Waals surface area (Å²) < 4.78 is 0. The first kappa shape index (κ1) is 58.7. The maximum Gasteiger partial charge on any atom is 2.00 e. The van der Waals surface area contributed by atoms with Gasteiger partial charge in [-0.2, -0.15) is 0 Å². The Bertz CT molecular complexity index is 248. The van der Waals surface area contributed by atoms with E-state index >= 15 is 0 Å². The number of carboxylic acids is 3. The summed E-state index contributed by atoms with van der Waals surface area (Å²) in [5.41, 5.74) is -2.74. The number of carbonyl (C=O) groups is 3. The Morgan fingerprint density at radius 1 is 0.714 bits per heavy atom. The molecule has 0 heterocycles. The number of carboxylic acid groups (broad SMARTS) is 3. The number of aliphatic carboxylic acids is 3. The molecule has 0 aromatic carbocycles. The van der Waals surface area contributed by atoms with Gasteiger partial charge in [0.25, 0.3) is 0 Å². The van der Waals surface area contributed by atoms with Crippen LogP contribution >= 0.6 is 0 Å². The average Bonchev–Trinajstić information content (AvgIpc) is 1.82. The van der Waals surface area contributed by atoms with Gasteiger partial charge in [0, 0.05) is 0 Å². The van der Waals surface area contributed by atoms with Gasteiger partial charge in [-0.15, -0.1) is 0 Å². The van der Waals surface area contributed by atoms with Crippen LogP contribution in [0.15, 0.2) is 0 Å². The van der Waals surface area contributed by atoms with Crippen molar-refractivity contribution in [3.8, 4) is 0 Å². The van der Waals surface area contributed by atoms with Gasteiger partial charge in [-0.25, -0.2) is 4.79 Å². The van der Waals surface area contributed by atoms with Crippen LogP contribution in [-0.2, 0) is 14.4 Å². The largest absolute Gasteiger partial charge is 2.00 e. The van der Waals surface area contributed by atoms with Crippen molar-refractivity contribution in [3.63, 3.8) is 0 Å².